The minimum atomic E-state index is -0.158. The van der Waals surface area contributed by atoms with Crippen molar-refractivity contribution in [1.82, 2.24) is 0 Å². The first kappa shape index (κ1) is 15.7. The molecule has 0 saturated carbocycles. The van der Waals surface area contributed by atoms with Gasteiger partial charge in [0.25, 0.3) is 0 Å². The summed E-state index contributed by atoms with van der Waals surface area (Å²) in [6.45, 7) is 8.14. The molecule has 0 radical (unpaired) electrons. The van der Waals surface area contributed by atoms with E-state index in [4.69, 9.17) is 9.47 Å². The maximum absolute atomic E-state index is 5.83. The molecule has 2 aliphatic heterocycles. The first-order valence-electron chi connectivity index (χ1n) is 8.62. The predicted octanol–water partition coefficient (Wildman–Crippen LogP) is 4.01. The fourth-order valence-electron chi connectivity index (χ4n) is 3.62. The number of anilines is 1. The van der Waals surface area contributed by atoms with Crippen molar-refractivity contribution in [2.24, 2.45) is 0 Å². The number of likely N-dealkylation sites (N-methyl/N-ethyl adjacent to an activating group) is 1. The van der Waals surface area contributed by atoms with Crippen molar-refractivity contribution in [2.45, 2.75) is 38.5 Å². The highest BCUT2D eigenvalue weighted by atomic mass is 16.6. The highest BCUT2D eigenvalue weighted by Gasteiger charge is 2.47. The van der Waals surface area contributed by atoms with E-state index in [1.54, 1.807) is 0 Å². The number of benzene rings is 2. The quantitative estimate of drug-likeness (QED) is 0.778. The summed E-state index contributed by atoms with van der Waals surface area (Å²) in [7, 11) is 2.12. The summed E-state index contributed by atoms with van der Waals surface area (Å²) < 4.78 is 11.5. The van der Waals surface area contributed by atoms with E-state index in [1.807, 2.05) is 0 Å². The first-order chi connectivity index (χ1) is 11.4. The molecule has 126 valence electrons. The molecule has 0 aromatic heterocycles. The van der Waals surface area contributed by atoms with Gasteiger partial charge in [0.2, 0.25) is 0 Å². The Hall–Kier alpha value is -1.84. The molecule has 2 fully saturated rings. The van der Waals surface area contributed by atoms with Crippen LogP contribution < -0.4 is 4.90 Å². The highest BCUT2D eigenvalue weighted by Crippen LogP contribution is 2.46. The van der Waals surface area contributed by atoms with Crippen molar-refractivity contribution in [3.05, 3.63) is 64.7 Å². The standard InChI is InChI=1S/C21H25NO2/c1-15-18(22(4)21(3)14-24-21)11-10-17(19(15)20(2)13-23-20)12-16-8-6-5-7-9-16/h5-11H,12-14H2,1-4H3. The molecule has 0 bridgehead atoms. The Kier molecular flexibility index (Phi) is 3.48. The van der Waals surface area contributed by atoms with Crippen molar-refractivity contribution in [2.75, 3.05) is 25.2 Å². The fourth-order valence-corrected chi connectivity index (χ4v) is 3.62. The summed E-state index contributed by atoms with van der Waals surface area (Å²) >= 11 is 0. The molecule has 2 unspecified atom stereocenters. The summed E-state index contributed by atoms with van der Waals surface area (Å²) in [4.78, 5) is 2.25. The zero-order chi connectivity index (χ0) is 16.9. The maximum atomic E-state index is 5.83. The number of ether oxygens (including phenoxy) is 2. The number of rotatable bonds is 5. The zero-order valence-corrected chi connectivity index (χ0v) is 14.9. The number of nitrogens with zero attached hydrogens (tertiary/aromatic N) is 1. The molecule has 24 heavy (non-hydrogen) atoms. The van der Waals surface area contributed by atoms with Gasteiger partial charge in [-0.1, -0.05) is 36.4 Å². The van der Waals surface area contributed by atoms with E-state index >= 15 is 0 Å². The summed E-state index contributed by atoms with van der Waals surface area (Å²) in [6, 6.07) is 15.1. The van der Waals surface area contributed by atoms with E-state index in [-0.39, 0.29) is 11.3 Å². The summed E-state index contributed by atoms with van der Waals surface area (Å²) in [5.74, 6) is 0. The van der Waals surface area contributed by atoms with Crippen molar-refractivity contribution >= 4 is 5.69 Å². The Morgan fingerprint density at radius 2 is 1.67 bits per heavy atom. The van der Waals surface area contributed by atoms with Crippen LogP contribution in [-0.4, -0.2) is 26.0 Å². The van der Waals surface area contributed by atoms with Gasteiger partial charge in [0.15, 0.2) is 5.72 Å². The van der Waals surface area contributed by atoms with Gasteiger partial charge < -0.3 is 14.4 Å². The lowest BCUT2D eigenvalue weighted by Gasteiger charge is -2.28. The summed E-state index contributed by atoms with van der Waals surface area (Å²) in [5.41, 5.74) is 6.28. The van der Waals surface area contributed by atoms with E-state index in [1.165, 1.54) is 27.9 Å². The van der Waals surface area contributed by atoms with E-state index in [2.05, 4.69) is 75.2 Å². The van der Waals surface area contributed by atoms with Crippen LogP contribution >= 0.6 is 0 Å². The predicted molar refractivity (Wildman–Crippen MR) is 96.5 cm³/mol. The third kappa shape index (κ3) is 2.62. The molecular weight excluding hydrogens is 298 g/mol. The fraction of sp³-hybridized carbons (Fsp3) is 0.429. The molecule has 4 rings (SSSR count). The van der Waals surface area contributed by atoms with Gasteiger partial charge in [-0.2, -0.15) is 0 Å². The van der Waals surface area contributed by atoms with Crippen molar-refractivity contribution in [3.8, 4) is 0 Å². The van der Waals surface area contributed by atoms with Gasteiger partial charge in [-0.15, -0.1) is 0 Å². The van der Waals surface area contributed by atoms with Crippen LogP contribution in [0.1, 0.15) is 36.1 Å². The summed E-state index contributed by atoms with van der Waals surface area (Å²) in [6.07, 6.45) is 0.938. The minimum Gasteiger partial charge on any atom is -0.365 e. The Morgan fingerprint density at radius 3 is 2.25 bits per heavy atom. The normalized spacial score (nSPS) is 27.8. The van der Waals surface area contributed by atoms with E-state index in [0.29, 0.717) is 0 Å². The SMILES string of the molecule is Cc1c(N(C)C2(C)CO2)ccc(Cc2ccccc2)c1C1(C)CO1. The number of hydrogen-bond acceptors (Lipinski definition) is 3. The van der Waals surface area contributed by atoms with E-state index in [9.17, 15) is 0 Å². The topological polar surface area (TPSA) is 28.3 Å². The first-order valence-corrected chi connectivity index (χ1v) is 8.62. The average molecular weight is 323 g/mol. The third-order valence-electron chi connectivity index (χ3n) is 5.50. The second-order valence-corrected chi connectivity index (χ2v) is 7.45. The van der Waals surface area contributed by atoms with Crippen molar-refractivity contribution < 1.29 is 9.47 Å². The smallest absolute Gasteiger partial charge is 0.161 e. The van der Waals surface area contributed by atoms with E-state index in [0.717, 1.165) is 19.6 Å². The molecule has 0 aliphatic carbocycles. The second-order valence-electron chi connectivity index (χ2n) is 7.45. The van der Waals surface area contributed by atoms with Gasteiger partial charge in [-0.3, -0.25) is 0 Å². The van der Waals surface area contributed by atoms with Crippen molar-refractivity contribution in [1.29, 1.82) is 0 Å². The van der Waals surface area contributed by atoms with Gasteiger partial charge in [-0.25, -0.2) is 0 Å². The minimum absolute atomic E-state index is 0.143. The molecule has 2 saturated heterocycles. The Labute approximate surface area is 144 Å². The van der Waals surface area contributed by atoms with Gasteiger partial charge in [0.05, 0.1) is 13.2 Å². The second kappa shape index (κ2) is 5.33. The van der Waals surface area contributed by atoms with Crippen LogP contribution in [-0.2, 0) is 21.5 Å². The molecule has 2 aromatic carbocycles. The molecule has 0 N–H and O–H groups in total. The average Bonchev–Trinajstić information content (AvgIpc) is 3.48. The molecule has 0 spiro atoms. The van der Waals surface area contributed by atoms with Crippen molar-refractivity contribution in [3.63, 3.8) is 0 Å². The largest absolute Gasteiger partial charge is 0.365 e. The molecule has 0 amide bonds. The Morgan fingerprint density at radius 1 is 1.00 bits per heavy atom. The third-order valence-corrected chi connectivity index (χ3v) is 5.50. The highest BCUT2D eigenvalue weighted by molar-refractivity contribution is 5.62. The summed E-state index contributed by atoms with van der Waals surface area (Å²) in [5, 5.41) is 0. The van der Waals surface area contributed by atoms with Crippen LogP contribution in [0.2, 0.25) is 0 Å². The lowest BCUT2D eigenvalue weighted by molar-refractivity contribution is 0.319. The molecule has 2 heterocycles. The number of hydrogen-bond donors (Lipinski definition) is 0. The van der Waals surface area contributed by atoms with Gasteiger partial charge >= 0.3 is 0 Å². The number of epoxide rings is 2. The molecule has 3 nitrogen and oxygen atoms in total. The van der Waals surface area contributed by atoms with Crippen LogP contribution in [0.15, 0.2) is 42.5 Å². The van der Waals surface area contributed by atoms with Crippen LogP contribution in [0.3, 0.4) is 0 Å². The zero-order valence-electron chi connectivity index (χ0n) is 14.9. The monoisotopic (exact) mass is 323 g/mol. The molecular formula is C21H25NO2. The molecule has 2 aromatic rings. The van der Waals surface area contributed by atoms with E-state index < -0.39 is 0 Å². The molecule has 2 atom stereocenters. The van der Waals surface area contributed by atoms with Crippen LogP contribution in [0.4, 0.5) is 5.69 Å². The molecule has 3 heteroatoms. The Balaban J connectivity index is 1.76. The maximum Gasteiger partial charge on any atom is 0.161 e. The molecule has 2 aliphatic rings. The van der Waals surface area contributed by atoms with Gasteiger partial charge in [0, 0.05) is 12.7 Å². The van der Waals surface area contributed by atoms with Crippen LogP contribution in [0.25, 0.3) is 0 Å². The van der Waals surface area contributed by atoms with Crippen LogP contribution in [0, 0.1) is 6.92 Å². The van der Waals surface area contributed by atoms with Crippen LogP contribution in [0.5, 0.6) is 0 Å². The van der Waals surface area contributed by atoms with Gasteiger partial charge in [0.1, 0.15) is 5.60 Å². The lowest BCUT2D eigenvalue weighted by atomic mass is 9.87. The van der Waals surface area contributed by atoms with Gasteiger partial charge in [-0.05, 0) is 55.5 Å². The Bertz CT molecular complexity index is 761. The lowest BCUT2D eigenvalue weighted by Crippen LogP contribution is -2.33.